The number of carbonyl (C=O) groups excluding carboxylic acids is 1. The number of alkyl halides is 3. The molecule has 0 bridgehead atoms. The molecule has 0 radical (unpaired) electrons. The first-order valence-corrected chi connectivity index (χ1v) is 6.69. The molecule has 1 aliphatic heterocycles. The second-order valence-electron chi connectivity index (χ2n) is 5.04. The van der Waals surface area contributed by atoms with Crippen molar-refractivity contribution in [2.75, 3.05) is 26.7 Å². The molecule has 1 aromatic rings. The number of rotatable bonds is 4. The Hall–Kier alpha value is -1.76. The number of halogens is 3. The fourth-order valence-corrected chi connectivity index (χ4v) is 2.45. The molecule has 2 rings (SSSR count). The standard InChI is InChI=1S/C14H17F3N2O2/c1-18-8-10-6-7-19(9-10)13(20)11-2-4-12(5-3-11)21-14(15,16)17/h2-5,10,18H,6-9H2,1H3/t10-/m0/s1. The minimum atomic E-state index is -4.72. The summed E-state index contributed by atoms with van der Waals surface area (Å²) in [5.41, 5.74) is 0.370. The molecule has 4 nitrogen and oxygen atoms in total. The Kier molecular flexibility index (Phi) is 4.72. The quantitative estimate of drug-likeness (QED) is 0.927. The van der Waals surface area contributed by atoms with Crippen LogP contribution in [0.5, 0.6) is 5.75 Å². The summed E-state index contributed by atoms with van der Waals surface area (Å²) in [7, 11) is 1.86. The summed E-state index contributed by atoms with van der Waals surface area (Å²) >= 11 is 0. The minimum absolute atomic E-state index is 0.160. The van der Waals surface area contributed by atoms with E-state index < -0.39 is 6.36 Å². The lowest BCUT2D eigenvalue weighted by Gasteiger charge is -2.17. The average molecular weight is 302 g/mol. The highest BCUT2D eigenvalue weighted by Gasteiger charge is 2.31. The smallest absolute Gasteiger partial charge is 0.406 e. The third kappa shape index (κ3) is 4.35. The van der Waals surface area contributed by atoms with E-state index >= 15 is 0 Å². The zero-order valence-electron chi connectivity index (χ0n) is 11.6. The summed E-state index contributed by atoms with van der Waals surface area (Å²) in [4.78, 5) is 14.0. The summed E-state index contributed by atoms with van der Waals surface area (Å²) in [5.74, 6) is -0.0625. The predicted octanol–water partition coefficient (Wildman–Crippen LogP) is 2.27. The van der Waals surface area contributed by atoms with Crippen LogP contribution >= 0.6 is 0 Å². The van der Waals surface area contributed by atoms with Crippen molar-refractivity contribution in [1.82, 2.24) is 10.2 Å². The van der Waals surface area contributed by atoms with E-state index in [2.05, 4.69) is 10.1 Å². The number of carbonyl (C=O) groups is 1. The maximum Gasteiger partial charge on any atom is 0.573 e. The lowest BCUT2D eigenvalue weighted by atomic mass is 10.1. The van der Waals surface area contributed by atoms with Crippen molar-refractivity contribution in [2.45, 2.75) is 12.8 Å². The SMILES string of the molecule is CNC[C@@H]1CCN(C(=O)c2ccc(OC(F)(F)F)cc2)C1. The zero-order chi connectivity index (χ0) is 15.5. The predicted molar refractivity (Wildman–Crippen MR) is 71.1 cm³/mol. The average Bonchev–Trinajstić information content (AvgIpc) is 2.86. The second kappa shape index (κ2) is 6.34. The molecule has 116 valence electrons. The van der Waals surface area contributed by atoms with Crippen molar-refractivity contribution in [1.29, 1.82) is 0 Å². The van der Waals surface area contributed by atoms with Crippen LogP contribution in [0.2, 0.25) is 0 Å². The van der Waals surface area contributed by atoms with Crippen LogP contribution in [0.3, 0.4) is 0 Å². The summed E-state index contributed by atoms with van der Waals surface area (Å²) < 4.78 is 40.0. The van der Waals surface area contributed by atoms with Gasteiger partial charge in [0.2, 0.25) is 0 Å². The Morgan fingerprint density at radius 2 is 2.05 bits per heavy atom. The minimum Gasteiger partial charge on any atom is -0.406 e. The van der Waals surface area contributed by atoms with Gasteiger partial charge >= 0.3 is 6.36 Å². The number of ether oxygens (including phenoxy) is 1. The Balaban J connectivity index is 1.97. The van der Waals surface area contributed by atoms with Crippen LogP contribution in [0.25, 0.3) is 0 Å². The first-order chi connectivity index (χ1) is 9.89. The molecule has 0 spiro atoms. The number of hydrogen-bond donors (Lipinski definition) is 1. The van der Waals surface area contributed by atoms with Crippen LogP contribution in [-0.4, -0.2) is 43.9 Å². The second-order valence-corrected chi connectivity index (χ2v) is 5.04. The van der Waals surface area contributed by atoms with Gasteiger partial charge in [0.1, 0.15) is 5.75 Å². The molecule has 0 aliphatic carbocycles. The van der Waals surface area contributed by atoms with Gasteiger partial charge in [0.25, 0.3) is 5.91 Å². The van der Waals surface area contributed by atoms with Crippen molar-refractivity contribution in [3.8, 4) is 5.75 Å². The summed E-state index contributed by atoms with van der Waals surface area (Å²) in [6.07, 6.45) is -3.79. The van der Waals surface area contributed by atoms with E-state index in [4.69, 9.17) is 0 Å². The Labute approximate surface area is 120 Å². The molecule has 1 heterocycles. The third-order valence-electron chi connectivity index (χ3n) is 3.40. The number of hydrogen-bond acceptors (Lipinski definition) is 3. The molecule has 0 aromatic heterocycles. The lowest BCUT2D eigenvalue weighted by molar-refractivity contribution is -0.274. The molecule has 21 heavy (non-hydrogen) atoms. The van der Waals surface area contributed by atoms with Gasteiger partial charge in [-0.25, -0.2) is 0 Å². The number of likely N-dealkylation sites (tertiary alicyclic amines) is 1. The molecular weight excluding hydrogens is 285 g/mol. The van der Waals surface area contributed by atoms with Gasteiger partial charge in [-0.05, 0) is 50.2 Å². The van der Waals surface area contributed by atoms with Crippen LogP contribution in [0.15, 0.2) is 24.3 Å². The van der Waals surface area contributed by atoms with E-state index in [0.29, 0.717) is 24.6 Å². The number of amides is 1. The molecule has 1 atom stereocenters. The normalized spacial score (nSPS) is 18.9. The van der Waals surface area contributed by atoms with E-state index in [1.54, 1.807) is 4.90 Å². The van der Waals surface area contributed by atoms with Gasteiger partial charge in [-0.3, -0.25) is 4.79 Å². The van der Waals surface area contributed by atoms with Gasteiger partial charge in [-0.1, -0.05) is 0 Å². The van der Waals surface area contributed by atoms with Gasteiger partial charge < -0.3 is 15.0 Å². The van der Waals surface area contributed by atoms with Crippen molar-refractivity contribution in [3.05, 3.63) is 29.8 Å². The van der Waals surface area contributed by atoms with Crippen LogP contribution in [0.1, 0.15) is 16.8 Å². The number of nitrogens with zero attached hydrogens (tertiary/aromatic N) is 1. The van der Waals surface area contributed by atoms with Crippen molar-refractivity contribution in [2.24, 2.45) is 5.92 Å². The van der Waals surface area contributed by atoms with Crippen molar-refractivity contribution in [3.63, 3.8) is 0 Å². The van der Waals surface area contributed by atoms with E-state index in [9.17, 15) is 18.0 Å². The van der Waals surface area contributed by atoms with Crippen molar-refractivity contribution < 1.29 is 22.7 Å². The monoisotopic (exact) mass is 302 g/mol. The fourth-order valence-electron chi connectivity index (χ4n) is 2.45. The Morgan fingerprint density at radius 1 is 1.38 bits per heavy atom. The topological polar surface area (TPSA) is 41.6 Å². The van der Waals surface area contributed by atoms with Gasteiger partial charge in [0.05, 0.1) is 0 Å². The Bertz CT molecular complexity index is 488. The van der Waals surface area contributed by atoms with Crippen LogP contribution < -0.4 is 10.1 Å². The molecule has 1 saturated heterocycles. The zero-order valence-corrected chi connectivity index (χ0v) is 11.6. The summed E-state index contributed by atoms with van der Waals surface area (Å²) in [6.45, 7) is 2.19. The van der Waals surface area contributed by atoms with E-state index in [1.165, 1.54) is 12.1 Å². The first kappa shape index (κ1) is 15.6. The molecule has 7 heteroatoms. The number of nitrogens with one attached hydrogen (secondary N) is 1. The maximum absolute atomic E-state index is 12.2. The van der Waals surface area contributed by atoms with Crippen LogP contribution in [0, 0.1) is 5.92 Å². The highest BCUT2D eigenvalue weighted by atomic mass is 19.4. The summed E-state index contributed by atoms with van der Waals surface area (Å²) in [5, 5.41) is 3.08. The largest absolute Gasteiger partial charge is 0.573 e. The molecule has 1 N–H and O–H groups in total. The third-order valence-corrected chi connectivity index (χ3v) is 3.40. The maximum atomic E-state index is 12.2. The molecule has 0 unspecified atom stereocenters. The number of benzene rings is 1. The van der Waals surface area contributed by atoms with Gasteiger partial charge in [-0.2, -0.15) is 0 Å². The fraction of sp³-hybridized carbons (Fsp3) is 0.500. The summed E-state index contributed by atoms with van der Waals surface area (Å²) in [6, 6.07) is 5.02. The first-order valence-electron chi connectivity index (χ1n) is 6.69. The van der Waals surface area contributed by atoms with E-state index in [0.717, 1.165) is 25.1 Å². The van der Waals surface area contributed by atoms with E-state index in [-0.39, 0.29) is 11.7 Å². The molecule has 0 saturated carbocycles. The van der Waals surface area contributed by atoms with Crippen molar-refractivity contribution >= 4 is 5.91 Å². The van der Waals surface area contributed by atoms with Gasteiger partial charge in [-0.15, -0.1) is 13.2 Å². The highest BCUT2D eigenvalue weighted by Crippen LogP contribution is 2.24. The van der Waals surface area contributed by atoms with Gasteiger partial charge in [0, 0.05) is 18.7 Å². The Morgan fingerprint density at radius 3 is 2.62 bits per heavy atom. The lowest BCUT2D eigenvalue weighted by Crippen LogP contribution is -2.30. The van der Waals surface area contributed by atoms with Crippen LogP contribution in [-0.2, 0) is 0 Å². The molecule has 1 fully saturated rings. The molecule has 1 aliphatic rings. The molecular formula is C14H17F3N2O2. The molecule has 1 aromatic carbocycles. The van der Waals surface area contributed by atoms with E-state index in [1.807, 2.05) is 7.05 Å². The molecule has 1 amide bonds. The highest BCUT2D eigenvalue weighted by molar-refractivity contribution is 5.94. The van der Waals surface area contributed by atoms with Gasteiger partial charge in [0.15, 0.2) is 0 Å². The van der Waals surface area contributed by atoms with Crippen LogP contribution in [0.4, 0.5) is 13.2 Å².